The van der Waals surface area contributed by atoms with E-state index in [1.54, 1.807) is 29.1 Å². The minimum absolute atomic E-state index is 0.132. The molecule has 1 amide bonds. The number of nitrogens with zero attached hydrogens (tertiary/aromatic N) is 2. The molecule has 0 saturated heterocycles. The van der Waals surface area contributed by atoms with Gasteiger partial charge in [0.05, 0.1) is 6.54 Å². The number of anilines is 1. The third-order valence-corrected chi connectivity index (χ3v) is 3.95. The number of nitrogens with one attached hydrogen (secondary N) is 1. The smallest absolute Gasteiger partial charge is 0.413 e. The van der Waals surface area contributed by atoms with Crippen molar-refractivity contribution >= 4 is 33.6 Å². The zero-order valence-corrected chi connectivity index (χ0v) is 15.5. The Kier molecular flexibility index (Phi) is 5.52. The van der Waals surface area contributed by atoms with E-state index in [9.17, 15) is 9.59 Å². The molecule has 8 heteroatoms. The van der Waals surface area contributed by atoms with Gasteiger partial charge in [0.15, 0.2) is 17.4 Å². The standard InChI is InChI=1S/C18H16BrN3O4/c1-12(23)16-6-5-15(26-16)10-22-8-7-17(21-22)20-18(24)25-11-13-3-2-4-14(19)9-13/h2-9H,10-11H2,1H3,(H,20,21,24). The van der Waals surface area contributed by atoms with Crippen LogP contribution in [0.15, 0.2) is 57.6 Å². The second kappa shape index (κ2) is 8.01. The number of rotatable bonds is 6. The highest BCUT2D eigenvalue weighted by molar-refractivity contribution is 9.10. The molecule has 0 radical (unpaired) electrons. The van der Waals surface area contributed by atoms with Crippen LogP contribution in [-0.2, 0) is 17.9 Å². The third-order valence-electron chi connectivity index (χ3n) is 3.46. The van der Waals surface area contributed by atoms with E-state index in [0.29, 0.717) is 23.9 Å². The van der Waals surface area contributed by atoms with E-state index >= 15 is 0 Å². The van der Waals surface area contributed by atoms with Gasteiger partial charge in [-0.3, -0.25) is 14.8 Å². The Morgan fingerprint density at radius 1 is 1.27 bits per heavy atom. The molecule has 1 N–H and O–H groups in total. The molecular formula is C18H16BrN3O4. The SMILES string of the molecule is CC(=O)c1ccc(Cn2ccc(NC(=O)OCc3cccc(Br)c3)n2)o1. The Hall–Kier alpha value is -2.87. The molecule has 0 bridgehead atoms. The van der Waals surface area contributed by atoms with Crippen LogP contribution in [0.5, 0.6) is 0 Å². The quantitative estimate of drug-likeness (QED) is 0.606. The predicted octanol–water partition coefficient (Wildman–Crippen LogP) is 4.24. The fraction of sp³-hybridized carbons (Fsp3) is 0.167. The van der Waals surface area contributed by atoms with Gasteiger partial charge >= 0.3 is 6.09 Å². The van der Waals surface area contributed by atoms with Gasteiger partial charge in [-0.15, -0.1) is 0 Å². The molecule has 1 aromatic carbocycles. The van der Waals surface area contributed by atoms with Crippen LogP contribution < -0.4 is 5.32 Å². The van der Waals surface area contributed by atoms with E-state index in [-0.39, 0.29) is 12.4 Å². The first-order valence-corrected chi connectivity index (χ1v) is 8.60. The van der Waals surface area contributed by atoms with Crippen LogP contribution in [0.3, 0.4) is 0 Å². The van der Waals surface area contributed by atoms with Crippen LogP contribution >= 0.6 is 15.9 Å². The van der Waals surface area contributed by atoms with Crippen molar-refractivity contribution in [3.05, 3.63) is 70.2 Å². The summed E-state index contributed by atoms with van der Waals surface area (Å²) >= 11 is 3.37. The Morgan fingerprint density at radius 2 is 2.12 bits per heavy atom. The zero-order chi connectivity index (χ0) is 18.5. The first-order chi connectivity index (χ1) is 12.5. The molecule has 134 valence electrons. The number of Topliss-reactive ketones (excluding diaryl/α,β-unsaturated/α-hetero) is 1. The molecule has 2 aromatic heterocycles. The number of carbonyl (C=O) groups is 2. The molecule has 3 aromatic rings. The molecule has 0 aliphatic heterocycles. The lowest BCUT2D eigenvalue weighted by Gasteiger charge is -2.05. The van der Waals surface area contributed by atoms with Gasteiger partial charge in [0.25, 0.3) is 0 Å². The highest BCUT2D eigenvalue weighted by Crippen LogP contribution is 2.14. The highest BCUT2D eigenvalue weighted by Gasteiger charge is 2.09. The van der Waals surface area contributed by atoms with Crippen molar-refractivity contribution in [1.29, 1.82) is 0 Å². The third kappa shape index (κ3) is 4.82. The fourth-order valence-corrected chi connectivity index (χ4v) is 2.69. The maximum Gasteiger partial charge on any atom is 0.413 e. The number of furan rings is 1. The number of carbonyl (C=O) groups excluding carboxylic acids is 2. The number of amides is 1. The lowest BCUT2D eigenvalue weighted by molar-refractivity contribution is 0.0985. The van der Waals surface area contributed by atoms with E-state index in [1.807, 2.05) is 24.3 Å². The van der Waals surface area contributed by atoms with Gasteiger partial charge in [-0.25, -0.2) is 4.79 Å². The van der Waals surface area contributed by atoms with Gasteiger partial charge in [-0.1, -0.05) is 28.1 Å². The average Bonchev–Trinajstić information content (AvgIpc) is 3.23. The van der Waals surface area contributed by atoms with Crippen LogP contribution in [0.1, 0.15) is 28.8 Å². The number of halogens is 1. The van der Waals surface area contributed by atoms with Crippen molar-refractivity contribution in [2.75, 3.05) is 5.32 Å². The van der Waals surface area contributed by atoms with Crippen LogP contribution in [0.25, 0.3) is 0 Å². The van der Waals surface area contributed by atoms with Crippen LogP contribution in [-0.4, -0.2) is 21.7 Å². The van der Waals surface area contributed by atoms with Gasteiger partial charge in [-0.2, -0.15) is 5.10 Å². The van der Waals surface area contributed by atoms with Crippen LogP contribution in [0.4, 0.5) is 10.6 Å². The average molecular weight is 418 g/mol. The maximum atomic E-state index is 11.9. The molecule has 7 nitrogen and oxygen atoms in total. The summed E-state index contributed by atoms with van der Waals surface area (Å²) in [5, 5.41) is 6.79. The molecule has 0 aliphatic rings. The Labute approximate surface area is 158 Å². The zero-order valence-electron chi connectivity index (χ0n) is 13.9. The lowest BCUT2D eigenvalue weighted by Crippen LogP contribution is -2.14. The summed E-state index contributed by atoms with van der Waals surface area (Å²) in [5.41, 5.74) is 0.874. The van der Waals surface area contributed by atoms with Crippen molar-refractivity contribution in [2.24, 2.45) is 0 Å². The summed E-state index contributed by atoms with van der Waals surface area (Å²) in [6.07, 6.45) is 1.10. The number of benzene rings is 1. The van der Waals surface area contributed by atoms with Crippen LogP contribution in [0, 0.1) is 0 Å². The van der Waals surface area contributed by atoms with Crippen molar-refractivity contribution < 1.29 is 18.7 Å². The van der Waals surface area contributed by atoms with Gasteiger partial charge in [0, 0.05) is 23.7 Å². The Balaban J connectivity index is 1.52. The molecule has 2 heterocycles. The fourth-order valence-electron chi connectivity index (χ4n) is 2.24. The number of hydrogen-bond donors (Lipinski definition) is 1. The lowest BCUT2D eigenvalue weighted by atomic mass is 10.2. The molecule has 3 rings (SSSR count). The maximum absolute atomic E-state index is 11.9. The van der Waals surface area contributed by atoms with Crippen molar-refractivity contribution in [3.8, 4) is 0 Å². The first kappa shape index (κ1) is 17.9. The summed E-state index contributed by atoms with van der Waals surface area (Å²) < 4.78 is 13.1. The monoisotopic (exact) mass is 417 g/mol. The van der Waals surface area contributed by atoms with E-state index in [4.69, 9.17) is 9.15 Å². The summed E-state index contributed by atoms with van der Waals surface area (Å²) in [6, 6.07) is 12.5. The molecule has 0 fully saturated rings. The second-order valence-corrected chi connectivity index (χ2v) is 6.47. The highest BCUT2D eigenvalue weighted by atomic mass is 79.9. The molecule has 0 atom stereocenters. The minimum Gasteiger partial charge on any atom is -0.456 e. The Morgan fingerprint density at radius 3 is 2.85 bits per heavy atom. The predicted molar refractivity (Wildman–Crippen MR) is 98.0 cm³/mol. The van der Waals surface area contributed by atoms with Gasteiger partial charge in [0.1, 0.15) is 12.4 Å². The van der Waals surface area contributed by atoms with Crippen molar-refractivity contribution in [3.63, 3.8) is 0 Å². The van der Waals surface area contributed by atoms with Crippen molar-refractivity contribution in [1.82, 2.24) is 9.78 Å². The van der Waals surface area contributed by atoms with Crippen LogP contribution in [0.2, 0.25) is 0 Å². The number of aromatic nitrogens is 2. The number of ketones is 1. The molecule has 0 aliphatic carbocycles. The van der Waals surface area contributed by atoms with Crippen molar-refractivity contribution in [2.45, 2.75) is 20.1 Å². The number of hydrogen-bond acceptors (Lipinski definition) is 5. The normalized spacial score (nSPS) is 10.5. The molecule has 0 saturated carbocycles. The summed E-state index contributed by atoms with van der Waals surface area (Å²) in [5.74, 6) is 1.14. The van der Waals surface area contributed by atoms with E-state index in [1.165, 1.54) is 6.92 Å². The largest absolute Gasteiger partial charge is 0.456 e. The topological polar surface area (TPSA) is 86.4 Å². The van der Waals surface area contributed by atoms with E-state index in [0.717, 1.165) is 10.0 Å². The Bertz CT molecular complexity index is 932. The molecular weight excluding hydrogens is 402 g/mol. The van der Waals surface area contributed by atoms with E-state index < -0.39 is 6.09 Å². The summed E-state index contributed by atoms with van der Waals surface area (Å²) in [7, 11) is 0. The summed E-state index contributed by atoms with van der Waals surface area (Å²) in [4.78, 5) is 23.1. The number of ether oxygens (including phenoxy) is 1. The van der Waals surface area contributed by atoms with Gasteiger partial charge < -0.3 is 9.15 Å². The second-order valence-electron chi connectivity index (χ2n) is 5.55. The molecule has 26 heavy (non-hydrogen) atoms. The van der Waals surface area contributed by atoms with E-state index in [2.05, 4.69) is 26.3 Å². The molecule has 0 unspecified atom stereocenters. The van der Waals surface area contributed by atoms with Gasteiger partial charge in [-0.05, 0) is 29.8 Å². The molecule has 0 spiro atoms. The summed E-state index contributed by atoms with van der Waals surface area (Å²) in [6.45, 7) is 1.95. The van der Waals surface area contributed by atoms with Gasteiger partial charge in [0.2, 0.25) is 0 Å². The minimum atomic E-state index is -0.591. The first-order valence-electron chi connectivity index (χ1n) is 7.81.